The Bertz CT molecular complexity index is 1620. The summed E-state index contributed by atoms with van der Waals surface area (Å²) in [5, 5.41) is 0.497. The molecule has 0 saturated heterocycles. The van der Waals surface area contributed by atoms with Crippen molar-refractivity contribution in [1.82, 2.24) is 13.7 Å². The summed E-state index contributed by atoms with van der Waals surface area (Å²) in [5.41, 5.74) is 3.67. The first kappa shape index (κ1) is 23.9. The van der Waals surface area contributed by atoms with Crippen LogP contribution in [0, 0.1) is 6.92 Å². The van der Waals surface area contributed by atoms with Crippen LogP contribution in [0.5, 0.6) is 11.5 Å². The van der Waals surface area contributed by atoms with Crippen molar-refractivity contribution < 1.29 is 14.2 Å². The van der Waals surface area contributed by atoms with Gasteiger partial charge in [-0.2, -0.15) is 0 Å². The molecule has 2 aromatic carbocycles. The van der Waals surface area contributed by atoms with Crippen molar-refractivity contribution in [2.24, 2.45) is 14.1 Å². The lowest BCUT2D eigenvalue weighted by molar-refractivity contribution is -0.00801. The van der Waals surface area contributed by atoms with Crippen LogP contribution in [-0.4, -0.2) is 34.5 Å². The van der Waals surface area contributed by atoms with E-state index in [1.807, 2.05) is 43.3 Å². The molecular formula is C28H31N3O5. The number of benzene rings is 2. The van der Waals surface area contributed by atoms with E-state index in [2.05, 4.69) is 24.5 Å². The fraction of sp³-hybridized carbons (Fsp3) is 0.357. The van der Waals surface area contributed by atoms with Crippen LogP contribution in [0.3, 0.4) is 0 Å². The maximum atomic E-state index is 13.7. The molecule has 0 unspecified atom stereocenters. The van der Waals surface area contributed by atoms with Gasteiger partial charge in [0, 0.05) is 25.7 Å². The van der Waals surface area contributed by atoms with Crippen molar-refractivity contribution in [2.45, 2.75) is 32.4 Å². The average molecular weight is 490 g/mol. The molecule has 188 valence electrons. The van der Waals surface area contributed by atoms with Crippen molar-refractivity contribution in [3.05, 3.63) is 80.1 Å². The molecule has 1 atom stereocenters. The van der Waals surface area contributed by atoms with Gasteiger partial charge < -0.3 is 18.8 Å². The van der Waals surface area contributed by atoms with Gasteiger partial charge in [-0.1, -0.05) is 23.8 Å². The number of aryl methyl sites for hydroxylation is 2. The first-order chi connectivity index (χ1) is 17.1. The first-order valence-corrected chi connectivity index (χ1v) is 11.9. The zero-order valence-corrected chi connectivity index (χ0v) is 21.7. The highest BCUT2D eigenvalue weighted by atomic mass is 16.5. The highest BCUT2D eigenvalue weighted by Gasteiger charge is 2.41. The predicted octanol–water partition coefficient (Wildman–Crippen LogP) is 3.89. The van der Waals surface area contributed by atoms with Gasteiger partial charge in [-0.05, 0) is 44.5 Å². The van der Waals surface area contributed by atoms with E-state index in [1.54, 1.807) is 25.8 Å². The van der Waals surface area contributed by atoms with Crippen molar-refractivity contribution in [3.8, 4) is 22.8 Å². The molecule has 0 fully saturated rings. The van der Waals surface area contributed by atoms with Gasteiger partial charge in [0.1, 0.15) is 17.6 Å². The minimum absolute atomic E-state index is 0.331. The molecule has 8 nitrogen and oxygen atoms in total. The molecule has 36 heavy (non-hydrogen) atoms. The maximum absolute atomic E-state index is 13.7. The molecule has 1 aliphatic rings. The van der Waals surface area contributed by atoms with E-state index in [-0.39, 0.29) is 11.2 Å². The number of hydrogen-bond donors (Lipinski definition) is 0. The lowest BCUT2D eigenvalue weighted by atomic mass is 9.97. The van der Waals surface area contributed by atoms with Gasteiger partial charge >= 0.3 is 5.69 Å². The lowest BCUT2D eigenvalue weighted by Crippen LogP contribution is -2.40. The van der Waals surface area contributed by atoms with E-state index < -0.39 is 11.6 Å². The van der Waals surface area contributed by atoms with Crippen molar-refractivity contribution in [3.63, 3.8) is 0 Å². The van der Waals surface area contributed by atoms with Crippen LogP contribution in [0.4, 0.5) is 0 Å². The Labute approximate surface area is 209 Å². The smallest absolute Gasteiger partial charge is 0.331 e. The van der Waals surface area contributed by atoms with Gasteiger partial charge in [0.25, 0.3) is 5.56 Å². The second kappa shape index (κ2) is 8.41. The Kier molecular flexibility index (Phi) is 5.59. The molecule has 0 amide bonds. The number of nitrogens with zero attached hydrogens (tertiary/aromatic N) is 3. The Balaban J connectivity index is 1.99. The lowest BCUT2D eigenvalue weighted by Gasteiger charge is -2.39. The molecule has 5 rings (SSSR count). The molecule has 0 aliphatic carbocycles. The van der Waals surface area contributed by atoms with Crippen LogP contribution in [0.2, 0.25) is 0 Å². The van der Waals surface area contributed by atoms with E-state index in [0.29, 0.717) is 29.0 Å². The second-order valence-electron chi connectivity index (χ2n) is 9.98. The summed E-state index contributed by atoms with van der Waals surface area (Å²) < 4.78 is 22.5. The summed E-state index contributed by atoms with van der Waals surface area (Å²) in [4.78, 5) is 26.8. The quantitative estimate of drug-likeness (QED) is 0.435. The summed E-state index contributed by atoms with van der Waals surface area (Å²) >= 11 is 0. The van der Waals surface area contributed by atoms with Crippen LogP contribution in [-0.2, 0) is 24.4 Å². The zero-order valence-electron chi connectivity index (χ0n) is 21.7. The SMILES string of the molecule is COc1ccc([C@@H]2OCC(C)(C)n3c(-c4cccc(C)c4)c4c(=O)n(C)c(=O)n(C)c4c32)c(OC)c1. The highest BCUT2D eigenvalue weighted by molar-refractivity contribution is 5.97. The Morgan fingerprint density at radius 1 is 1.00 bits per heavy atom. The minimum Gasteiger partial charge on any atom is -0.497 e. The predicted molar refractivity (Wildman–Crippen MR) is 139 cm³/mol. The third-order valence-electron chi connectivity index (χ3n) is 7.08. The van der Waals surface area contributed by atoms with E-state index >= 15 is 0 Å². The van der Waals surface area contributed by atoms with Crippen LogP contribution in [0.25, 0.3) is 22.2 Å². The van der Waals surface area contributed by atoms with Gasteiger partial charge in [-0.3, -0.25) is 13.9 Å². The van der Waals surface area contributed by atoms with Crippen molar-refractivity contribution in [1.29, 1.82) is 0 Å². The minimum atomic E-state index is -0.572. The van der Waals surface area contributed by atoms with E-state index in [1.165, 1.54) is 11.6 Å². The van der Waals surface area contributed by atoms with Crippen LogP contribution in [0.1, 0.15) is 36.8 Å². The third-order valence-corrected chi connectivity index (χ3v) is 7.08. The number of hydrogen-bond acceptors (Lipinski definition) is 5. The van der Waals surface area contributed by atoms with E-state index in [0.717, 1.165) is 28.1 Å². The van der Waals surface area contributed by atoms with E-state index in [9.17, 15) is 9.59 Å². The van der Waals surface area contributed by atoms with E-state index in [4.69, 9.17) is 14.2 Å². The Morgan fingerprint density at radius 2 is 1.75 bits per heavy atom. The standard InChI is InChI=1S/C28H31N3O5/c1-16-9-8-10-17(13-16)22-21-23(29(4)27(33)30(5)26(21)32)24-25(36-15-28(2,3)31(22)24)19-12-11-18(34-6)14-20(19)35-7/h8-14,25H,15H2,1-7H3/t25-/m0/s1. The second-order valence-corrected chi connectivity index (χ2v) is 9.98. The molecule has 4 aromatic rings. The average Bonchev–Trinajstić information content (AvgIpc) is 3.24. The number of fused-ring (bicyclic) bond motifs is 3. The molecule has 0 saturated carbocycles. The van der Waals surface area contributed by atoms with Crippen molar-refractivity contribution >= 4 is 10.9 Å². The summed E-state index contributed by atoms with van der Waals surface area (Å²) in [6.45, 7) is 6.59. The third kappa shape index (κ3) is 3.39. The van der Waals surface area contributed by atoms with Crippen LogP contribution in [0.15, 0.2) is 52.1 Å². The van der Waals surface area contributed by atoms with Gasteiger partial charge in [0.05, 0.1) is 48.7 Å². The molecule has 8 heteroatoms. The molecule has 0 N–H and O–H groups in total. The molecule has 2 aromatic heterocycles. The normalized spacial score (nSPS) is 16.7. The molecule has 3 heterocycles. The van der Waals surface area contributed by atoms with Gasteiger partial charge in [-0.15, -0.1) is 0 Å². The van der Waals surface area contributed by atoms with Gasteiger partial charge in [0.15, 0.2) is 0 Å². The van der Waals surface area contributed by atoms with Crippen molar-refractivity contribution in [2.75, 3.05) is 20.8 Å². The highest BCUT2D eigenvalue weighted by Crippen LogP contribution is 2.47. The number of rotatable bonds is 4. The molecule has 0 bridgehead atoms. The number of methoxy groups -OCH3 is 2. The fourth-order valence-electron chi connectivity index (χ4n) is 5.33. The van der Waals surface area contributed by atoms with Crippen LogP contribution < -0.4 is 20.7 Å². The van der Waals surface area contributed by atoms with Gasteiger partial charge in [-0.25, -0.2) is 4.79 Å². The summed E-state index contributed by atoms with van der Waals surface area (Å²) in [5.74, 6) is 1.26. The first-order valence-electron chi connectivity index (χ1n) is 11.9. The molecule has 0 radical (unpaired) electrons. The summed E-state index contributed by atoms with van der Waals surface area (Å²) in [6.07, 6.45) is -0.572. The Hall–Kier alpha value is -3.78. The topological polar surface area (TPSA) is 76.6 Å². The summed E-state index contributed by atoms with van der Waals surface area (Å²) in [6, 6.07) is 13.7. The van der Waals surface area contributed by atoms with Crippen LogP contribution >= 0.6 is 0 Å². The molecule has 1 aliphatic heterocycles. The molecular weight excluding hydrogens is 458 g/mol. The fourth-order valence-corrected chi connectivity index (χ4v) is 5.33. The Morgan fingerprint density at radius 3 is 2.42 bits per heavy atom. The monoisotopic (exact) mass is 489 g/mol. The molecule has 0 spiro atoms. The number of aromatic nitrogens is 3. The van der Waals surface area contributed by atoms with Gasteiger partial charge in [0.2, 0.25) is 0 Å². The number of ether oxygens (including phenoxy) is 3. The largest absolute Gasteiger partial charge is 0.497 e. The zero-order chi connectivity index (χ0) is 25.9. The maximum Gasteiger partial charge on any atom is 0.331 e. The summed E-state index contributed by atoms with van der Waals surface area (Å²) in [7, 11) is 6.43.